The number of carbonyl (C=O) groups is 1. The molecule has 0 heterocycles. The van der Waals surface area contributed by atoms with Crippen molar-refractivity contribution in [3.63, 3.8) is 0 Å². The van der Waals surface area contributed by atoms with E-state index < -0.39 is 0 Å². The predicted octanol–water partition coefficient (Wildman–Crippen LogP) is 1.26. The molecule has 0 atom stereocenters. The maximum absolute atomic E-state index is 12.2. The van der Waals surface area contributed by atoms with Crippen LogP contribution in [0.1, 0.15) is 32.1 Å². The van der Waals surface area contributed by atoms with Crippen LogP contribution in [0.2, 0.25) is 0 Å². The largest absolute Gasteiger partial charge is 0.395 e. The molecule has 1 fully saturated rings. The van der Waals surface area contributed by atoms with E-state index in [2.05, 4.69) is 6.58 Å². The number of aliphatic hydroxyl groups is 1. The van der Waals surface area contributed by atoms with Crippen LogP contribution in [0.5, 0.6) is 0 Å². The number of likely N-dealkylation sites (N-methyl/N-ethyl adjacent to an activating group) is 1. The van der Waals surface area contributed by atoms with Gasteiger partial charge >= 0.3 is 0 Å². The molecule has 104 valence electrons. The van der Waals surface area contributed by atoms with Crippen molar-refractivity contribution in [2.24, 2.45) is 0 Å². The topological polar surface area (TPSA) is 43.8 Å². The molecule has 0 radical (unpaired) electrons. The molecule has 0 aromatic rings. The first-order valence-corrected chi connectivity index (χ1v) is 6.88. The third-order valence-electron chi connectivity index (χ3n) is 3.68. The molecule has 4 nitrogen and oxygen atoms in total. The zero-order chi connectivity index (χ0) is 13.4. The predicted molar refractivity (Wildman–Crippen MR) is 73.4 cm³/mol. The molecule has 0 spiro atoms. The van der Waals surface area contributed by atoms with Crippen LogP contribution in [-0.2, 0) is 4.79 Å². The molecule has 1 amide bonds. The summed E-state index contributed by atoms with van der Waals surface area (Å²) in [5.41, 5.74) is 0. The number of hydrogen-bond donors (Lipinski definition) is 1. The lowest BCUT2D eigenvalue weighted by molar-refractivity contribution is -0.133. The summed E-state index contributed by atoms with van der Waals surface area (Å²) in [7, 11) is 1.91. The second kappa shape index (κ2) is 8.27. The Morgan fingerprint density at radius 1 is 1.39 bits per heavy atom. The Morgan fingerprint density at radius 2 is 2.06 bits per heavy atom. The molecule has 1 aliphatic carbocycles. The highest BCUT2D eigenvalue weighted by Gasteiger charge is 2.22. The van der Waals surface area contributed by atoms with Crippen molar-refractivity contribution in [2.45, 2.75) is 38.1 Å². The number of rotatable bonds is 7. The molecule has 0 unspecified atom stereocenters. The first kappa shape index (κ1) is 15.2. The van der Waals surface area contributed by atoms with Crippen molar-refractivity contribution < 1.29 is 9.90 Å². The second-order valence-electron chi connectivity index (χ2n) is 5.04. The highest BCUT2D eigenvalue weighted by molar-refractivity contribution is 5.78. The summed E-state index contributed by atoms with van der Waals surface area (Å²) in [6, 6.07) is 0.408. The average molecular weight is 254 g/mol. The monoisotopic (exact) mass is 254 g/mol. The number of nitrogens with zero attached hydrogens (tertiary/aromatic N) is 2. The van der Waals surface area contributed by atoms with Crippen molar-refractivity contribution in [1.29, 1.82) is 0 Å². The van der Waals surface area contributed by atoms with Gasteiger partial charge in [0.15, 0.2) is 0 Å². The smallest absolute Gasteiger partial charge is 0.236 e. The van der Waals surface area contributed by atoms with E-state index in [1.807, 2.05) is 16.8 Å². The Morgan fingerprint density at radius 3 is 2.61 bits per heavy atom. The minimum atomic E-state index is 0.0776. The molecule has 0 aromatic heterocycles. The van der Waals surface area contributed by atoms with E-state index in [1.54, 1.807) is 6.08 Å². The third kappa shape index (κ3) is 4.78. The maximum Gasteiger partial charge on any atom is 0.236 e. The van der Waals surface area contributed by atoms with Crippen LogP contribution < -0.4 is 0 Å². The van der Waals surface area contributed by atoms with E-state index in [9.17, 15) is 4.79 Å². The normalized spacial score (nSPS) is 16.8. The van der Waals surface area contributed by atoms with Crippen molar-refractivity contribution in [2.75, 3.05) is 33.3 Å². The molecule has 1 aliphatic rings. The molecule has 1 saturated carbocycles. The Balaban J connectivity index is 2.43. The van der Waals surface area contributed by atoms with Gasteiger partial charge in [-0.15, -0.1) is 6.58 Å². The van der Waals surface area contributed by atoms with Gasteiger partial charge in [0, 0.05) is 26.2 Å². The van der Waals surface area contributed by atoms with Crippen LogP contribution >= 0.6 is 0 Å². The van der Waals surface area contributed by atoms with Crippen LogP contribution in [0.4, 0.5) is 0 Å². The maximum atomic E-state index is 12.2. The lowest BCUT2D eigenvalue weighted by Gasteiger charge is -2.32. The summed E-state index contributed by atoms with van der Waals surface area (Å²) >= 11 is 0. The van der Waals surface area contributed by atoms with Crippen molar-refractivity contribution in [3.8, 4) is 0 Å². The summed E-state index contributed by atoms with van der Waals surface area (Å²) in [5, 5.41) is 8.96. The van der Waals surface area contributed by atoms with E-state index in [0.29, 0.717) is 25.7 Å². The van der Waals surface area contributed by atoms with Crippen LogP contribution in [0, 0.1) is 0 Å². The van der Waals surface area contributed by atoms with Crippen molar-refractivity contribution in [3.05, 3.63) is 12.7 Å². The number of hydrogen-bond acceptors (Lipinski definition) is 3. The molecule has 4 heteroatoms. The van der Waals surface area contributed by atoms with Crippen LogP contribution in [0.15, 0.2) is 12.7 Å². The van der Waals surface area contributed by atoms with Gasteiger partial charge in [-0.2, -0.15) is 0 Å². The number of amides is 1. The Bertz CT molecular complexity index is 263. The molecule has 1 N–H and O–H groups in total. The molecule has 0 aliphatic heterocycles. The molecule has 0 bridgehead atoms. The SMILES string of the molecule is C=CCN(CCO)CC(=O)N(C)C1CCCCC1. The van der Waals surface area contributed by atoms with Crippen LogP contribution in [-0.4, -0.2) is 60.1 Å². The van der Waals surface area contributed by atoms with Gasteiger partial charge in [0.05, 0.1) is 13.2 Å². The Hall–Kier alpha value is -0.870. The van der Waals surface area contributed by atoms with Gasteiger partial charge in [-0.05, 0) is 12.8 Å². The van der Waals surface area contributed by atoms with Gasteiger partial charge in [-0.25, -0.2) is 0 Å². The molecule has 1 rings (SSSR count). The quantitative estimate of drug-likeness (QED) is 0.696. The van der Waals surface area contributed by atoms with Gasteiger partial charge in [-0.3, -0.25) is 9.69 Å². The van der Waals surface area contributed by atoms with E-state index in [-0.39, 0.29) is 12.5 Å². The van der Waals surface area contributed by atoms with Gasteiger partial charge in [0.1, 0.15) is 0 Å². The standard InChI is InChI=1S/C14H26N2O2/c1-3-9-16(10-11-17)12-14(18)15(2)13-7-5-4-6-8-13/h3,13,17H,1,4-12H2,2H3. The molecule has 18 heavy (non-hydrogen) atoms. The van der Waals surface area contributed by atoms with Crippen LogP contribution in [0.3, 0.4) is 0 Å². The van der Waals surface area contributed by atoms with Crippen molar-refractivity contribution >= 4 is 5.91 Å². The molecular weight excluding hydrogens is 228 g/mol. The summed E-state index contributed by atoms with van der Waals surface area (Å²) < 4.78 is 0. The van der Waals surface area contributed by atoms with Crippen molar-refractivity contribution in [1.82, 2.24) is 9.80 Å². The summed E-state index contributed by atoms with van der Waals surface area (Å²) in [6.07, 6.45) is 7.78. The first-order chi connectivity index (χ1) is 8.69. The summed E-state index contributed by atoms with van der Waals surface area (Å²) in [4.78, 5) is 16.0. The fourth-order valence-corrected chi connectivity index (χ4v) is 2.53. The average Bonchev–Trinajstić information content (AvgIpc) is 2.39. The molecule has 0 aromatic carbocycles. The van der Waals surface area contributed by atoms with E-state index in [1.165, 1.54) is 19.3 Å². The lowest BCUT2D eigenvalue weighted by atomic mass is 9.94. The highest BCUT2D eigenvalue weighted by Crippen LogP contribution is 2.21. The van der Waals surface area contributed by atoms with E-state index >= 15 is 0 Å². The lowest BCUT2D eigenvalue weighted by Crippen LogP contribution is -2.44. The van der Waals surface area contributed by atoms with E-state index in [0.717, 1.165) is 12.8 Å². The zero-order valence-corrected chi connectivity index (χ0v) is 11.5. The number of carbonyl (C=O) groups excluding carboxylic acids is 1. The van der Waals surface area contributed by atoms with E-state index in [4.69, 9.17) is 5.11 Å². The third-order valence-corrected chi connectivity index (χ3v) is 3.68. The van der Waals surface area contributed by atoms with Crippen LogP contribution in [0.25, 0.3) is 0 Å². The zero-order valence-electron chi connectivity index (χ0n) is 11.5. The minimum absolute atomic E-state index is 0.0776. The molecule has 0 saturated heterocycles. The minimum Gasteiger partial charge on any atom is -0.395 e. The second-order valence-corrected chi connectivity index (χ2v) is 5.04. The fourth-order valence-electron chi connectivity index (χ4n) is 2.53. The van der Waals surface area contributed by atoms with Gasteiger partial charge in [-0.1, -0.05) is 25.3 Å². The number of aliphatic hydroxyl groups excluding tert-OH is 1. The highest BCUT2D eigenvalue weighted by atomic mass is 16.3. The Labute approximate surface area is 110 Å². The van der Waals surface area contributed by atoms with Gasteiger partial charge in [0.25, 0.3) is 0 Å². The summed E-state index contributed by atoms with van der Waals surface area (Å²) in [6.45, 7) is 5.30. The molecular formula is C14H26N2O2. The summed E-state index contributed by atoms with van der Waals surface area (Å²) in [5.74, 6) is 0.150. The Kier molecular flexibility index (Phi) is 6.98. The first-order valence-electron chi connectivity index (χ1n) is 6.88. The fraction of sp³-hybridized carbons (Fsp3) is 0.786. The van der Waals surface area contributed by atoms with Gasteiger partial charge < -0.3 is 10.0 Å². The van der Waals surface area contributed by atoms with Gasteiger partial charge in [0.2, 0.25) is 5.91 Å².